The van der Waals surface area contributed by atoms with Gasteiger partial charge in [0, 0.05) is 11.1 Å². The Bertz CT molecular complexity index is 739. The fourth-order valence-corrected chi connectivity index (χ4v) is 2.58. The zero-order valence-corrected chi connectivity index (χ0v) is 15.6. The van der Waals surface area contributed by atoms with Crippen LogP contribution in [0.15, 0.2) is 30.0 Å². The van der Waals surface area contributed by atoms with Gasteiger partial charge >= 0.3 is 6.09 Å². The highest BCUT2D eigenvalue weighted by Crippen LogP contribution is 2.40. The summed E-state index contributed by atoms with van der Waals surface area (Å²) in [7, 11) is 0. The lowest BCUT2D eigenvalue weighted by Gasteiger charge is -2.27. The van der Waals surface area contributed by atoms with Crippen LogP contribution in [-0.2, 0) is 20.4 Å². The zero-order valence-electron chi connectivity index (χ0n) is 15.6. The predicted molar refractivity (Wildman–Crippen MR) is 97.2 cm³/mol. The second-order valence-electron chi connectivity index (χ2n) is 8.20. The number of carbonyl (C=O) groups is 2. The smallest absolute Gasteiger partial charge is 0.419 e. The third kappa shape index (κ3) is 4.29. The lowest BCUT2D eigenvalue weighted by molar-refractivity contribution is -0.116. The SMILES string of the molecule is CC(C)(C)c1cc(C=CC=C2OC(=O)NC2=O)cc(C(C)(C)C)c1O. The molecule has 0 bridgehead atoms. The minimum Gasteiger partial charge on any atom is -0.507 e. The van der Waals surface area contributed by atoms with E-state index < -0.39 is 12.0 Å². The highest BCUT2D eigenvalue weighted by Gasteiger charge is 2.27. The van der Waals surface area contributed by atoms with Gasteiger partial charge in [-0.05, 0) is 34.6 Å². The van der Waals surface area contributed by atoms with Gasteiger partial charge in [-0.3, -0.25) is 10.1 Å². The van der Waals surface area contributed by atoms with Gasteiger partial charge in [0.2, 0.25) is 0 Å². The van der Waals surface area contributed by atoms with Crippen molar-refractivity contribution >= 4 is 18.1 Å². The fraction of sp³-hybridized carbons (Fsp3) is 0.400. The predicted octanol–water partition coefficient (Wildman–Crippen LogP) is 4.15. The van der Waals surface area contributed by atoms with Gasteiger partial charge in [0.15, 0.2) is 5.76 Å². The number of rotatable bonds is 2. The topological polar surface area (TPSA) is 75.6 Å². The van der Waals surface area contributed by atoms with E-state index in [0.29, 0.717) is 5.75 Å². The maximum Gasteiger partial charge on any atom is 0.419 e. The van der Waals surface area contributed by atoms with Crippen LogP contribution in [0.4, 0.5) is 4.79 Å². The molecule has 134 valence electrons. The summed E-state index contributed by atoms with van der Waals surface area (Å²) in [5.41, 5.74) is 2.18. The van der Waals surface area contributed by atoms with Gasteiger partial charge < -0.3 is 9.84 Å². The van der Waals surface area contributed by atoms with Gasteiger partial charge in [0.1, 0.15) is 5.75 Å². The molecular weight excluding hydrogens is 318 g/mol. The molecule has 0 spiro atoms. The number of hydrogen-bond donors (Lipinski definition) is 2. The van der Waals surface area contributed by atoms with Crippen molar-refractivity contribution in [3.63, 3.8) is 0 Å². The number of cyclic esters (lactones) is 1. The number of alkyl carbamates (subject to hydrolysis) is 1. The molecule has 0 unspecified atom stereocenters. The van der Waals surface area contributed by atoms with Gasteiger partial charge in [-0.25, -0.2) is 4.79 Å². The summed E-state index contributed by atoms with van der Waals surface area (Å²) >= 11 is 0. The quantitative estimate of drug-likeness (QED) is 0.791. The van der Waals surface area contributed by atoms with Crippen molar-refractivity contribution in [2.24, 2.45) is 0 Å². The van der Waals surface area contributed by atoms with Crippen molar-refractivity contribution in [3.05, 3.63) is 46.7 Å². The lowest BCUT2D eigenvalue weighted by Crippen LogP contribution is -2.18. The number of hydrogen-bond acceptors (Lipinski definition) is 4. The Labute approximate surface area is 148 Å². The molecular formula is C20H25NO4. The van der Waals surface area contributed by atoms with E-state index in [-0.39, 0.29) is 16.6 Å². The molecule has 5 nitrogen and oxygen atoms in total. The molecule has 1 saturated heterocycles. The van der Waals surface area contributed by atoms with E-state index in [2.05, 4.69) is 0 Å². The van der Waals surface area contributed by atoms with Crippen molar-refractivity contribution in [1.82, 2.24) is 5.32 Å². The number of nitrogens with one attached hydrogen (secondary N) is 1. The largest absolute Gasteiger partial charge is 0.507 e. The van der Waals surface area contributed by atoms with Crippen molar-refractivity contribution in [1.29, 1.82) is 0 Å². The number of phenols is 1. The minimum atomic E-state index is -0.765. The number of benzene rings is 1. The highest BCUT2D eigenvalue weighted by atomic mass is 16.6. The number of ether oxygens (including phenoxy) is 1. The molecule has 1 heterocycles. The zero-order chi connectivity index (χ0) is 19.0. The van der Waals surface area contributed by atoms with Gasteiger partial charge in [0.25, 0.3) is 5.91 Å². The van der Waals surface area contributed by atoms with E-state index in [4.69, 9.17) is 4.74 Å². The molecule has 0 aliphatic carbocycles. The standard InChI is InChI=1S/C20H25NO4/c1-19(2,3)13-10-12(11-14(16(13)22)20(4,5)6)8-7-9-15-17(23)21-18(24)25-15/h7-11,22H,1-6H3,(H,21,23,24). The van der Waals surface area contributed by atoms with E-state index in [1.807, 2.05) is 65.1 Å². The van der Waals surface area contributed by atoms with Gasteiger partial charge in [-0.15, -0.1) is 0 Å². The van der Waals surface area contributed by atoms with Crippen LogP contribution in [0.5, 0.6) is 5.75 Å². The average Bonchev–Trinajstić information content (AvgIpc) is 2.76. The van der Waals surface area contributed by atoms with Crippen LogP contribution in [-0.4, -0.2) is 17.1 Å². The van der Waals surface area contributed by atoms with Crippen LogP contribution in [0, 0.1) is 0 Å². The van der Waals surface area contributed by atoms with E-state index in [9.17, 15) is 14.7 Å². The summed E-state index contributed by atoms with van der Waals surface area (Å²) in [5, 5.41) is 12.7. The Morgan fingerprint density at radius 1 is 1.00 bits per heavy atom. The van der Waals surface area contributed by atoms with Gasteiger partial charge in [-0.2, -0.15) is 0 Å². The van der Waals surface area contributed by atoms with Crippen LogP contribution in [0.25, 0.3) is 6.08 Å². The van der Waals surface area contributed by atoms with E-state index >= 15 is 0 Å². The van der Waals surface area contributed by atoms with Crippen molar-refractivity contribution in [3.8, 4) is 5.75 Å². The van der Waals surface area contributed by atoms with E-state index in [1.165, 1.54) is 6.08 Å². The van der Waals surface area contributed by atoms with Crippen LogP contribution < -0.4 is 5.32 Å². The molecule has 2 rings (SSSR count). The van der Waals surface area contributed by atoms with E-state index in [0.717, 1.165) is 16.7 Å². The lowest BCUT2D eigenvalue weighted by atomic mass is 9.78. The normalized spacial score (nSPS) is 17.3. The number of amides is 2. The Kier molecular flexibility index (Phi) is 4.80. The Morgan fingerprint density at radius 3 is 1.92 bits per heavy atom. The summed E-state index contributed by atoms with van der Waals surface area (Å²) < 4.78 is 4.76. The molecule has 2 N–H and O–H groups in total. The third-order valence-corrected chi connectivity index (χ3v) is 3.93. The van der Waals surface area contributed by atoms with Gasteiger partial charge in [0.05, 0.1) is 0 Å². The Hall–Kier alpha value is -2.56. The summed E-state index contributed by atoms with van der Waals surface area (Å²) in [6, 6.07) is 3.86. The summed E-state index contributed by atoms with van der Waals surface area (Å²) in [6.45, 7) is 12.3. The molecule has 1 aliphatic heterocycles. The monoisotopic (exact) mass is 343 g/mol. The second-order valence-corrected chi connectivity index (χ2v) is 8.20. The van der Waals surface area contributed by atoms with Crippen LogP contribution in [0.3, 0.4) is 0 Å². The molecule has 0 saturated carbocycles. The summed E-state index contributed by atoms with van der Waals surface area (Å²) in [5.74, 6) is -0.266. The molecule has 1 aliphatic rings. The molecule has 0 aromatic heterocycles. The Morgan fingerprint density at radius 2 is 1.52 bits per heavy atom. The number of aromatic hydroxyl groups is 1. The summed E-state index contributed by atoms with van der Waals surface area (Å²) in [6.07, 6.45) is 4.15. The fourth-order valence-electron chi connectivity index (χ4n) is 2.58. The Balaban J connectivity index is 2.44. The second kappa shape index (κ2) is 6.39. The maximum absolute atomic E-state index is 11.5. The first-order chi connectivity index (χ1) is 11.4. The molecule has 0 radical (unpaired) electrons. The number of allylic oxidation sites excluding steroid dienone is 2. The average molecular weight is 343 g/mol. The molecule has 1 aromatic rings. The molecule has 1 aromatic carbocycles. The number of imide groups is 1. The molecule has 1 fully saturated rings. The summed E-state index contributed by atoms with van der Waals surface area (Å²) in [4.78, 5) is 22.4. The van der Waals surface area contributed by atoms with Crippen molar-refractivity contribution in [2.45, 2.75) is 52.4 Å². The number of phenolic OH excluding ortho intramolecular Hbond substituents is 1. The molecule has 25 heavy (non-hydrogen) atoms. The van der Waals surface area contributed by atoms with Crippen LogP contribution in [0.1, 0.15) is 58.2 Å². The third-order valence-electron chi connectivity index (χ3n) is 3.93. The first-order valence-electron chi connectivity index (χ1n) is 8.19. The maximum atomic E-state index is 11.5. The molecule has 2 amide bonds. The van der Waals surface area contributed by atoms with Crippen molar-refractivity contribution < 1.29 is 19.4 Å². The minimum absolute atomic E-state index is 0.0351. The van der Waals surface area contributed by atoms with Gasteiger partial charge in [-0.1, -0.05) is 53.7 Å². The number of carbonyl (C=O) groups excluding carboxylic acids is 2. The first-order valence-corrected chi connectivity index (χ1v) is 8.19. The first kappa shape index (κ1) is 18.8. The molecule has 0 atom stereocenters. The van der Waals surface area contributed by atoms with Crippen molar-refractivity contribution in [2.75, 3.05) is 0 Å². The molecule has 5 heteroatoms. The highest BCUT2D eigenvalue weighted by molar-refractivity contribution is 6.07. The van der Waals surface area contributed by atoms with Crippen LogP contribution in [0.2, 0.25) is 0 Å². The van der Waals surface area contributed by atoms with Crippen LogP contribution >= 0.6 is 0 Å². The van der Waals surface area contributed by atoms with E-state index in [1.54, 1.807) is 6.08 Å².